The van der Waals surface area contributed by atoms with Crippen LogP contribution >= 0.6 is 0 Å². The highest BCUT2D eigenvalue weighted by Crippen LogP contribution is 2.53. The molecule has 2 nitrogen and oxygen atoms in total. The average Bonchev–Trinajstić information content (AvgIpc) is 3.45. The number of anilines is 6. The minimum atomic E-state index is -0.327. The molecule has 0 amide bonds. The highest BCUT2D eigenvalue weighted by molar-refractivity contribution is 6.28. The number of rotatable bonds is 10. The van der Waals surface area contributed by atoms with Gasteiger partial charge in [0.1, 0.15) is 11.6 Å². The van der Waals surface area contributed by atoms with E-state index in [2.05, 4.69) is 259 Å². The molecule has 76 heavy (non-hydrogen) atoms. The van der Waals surface area contributed by atoms with Gasteiger partial charge in [-0.2, -0.15) is 0 Å². The SMILES string of the molecule is Cc1ccc(-c2cc(F)c(N(c3cccc(C)c3C)c3ccc4ccc5c(N(c6cccc(C)c6C)c6c(F)cc(-c7ccc(C)cc7)cc6-c6ccc(C)cc6)ccc6ccc3c4c65)c(-c3ccc(C)cc3)c2)cc1. The van der Waals surface area contributed by atoms with Crippen molar-refractivity contribution < 1.29 is 8.78 Å². The van der Waals surface area contributed by atoms with Gasteiger partial charge in [0.2, 0.25) is 0 Å². The maximum Gasteiger partial charge on any atom is 0.148 e. The fourth-order valence-electron chi connectivity index (χ4n) is 11.2. The second-order valence-corrected chi connectivity index (χ2v) is 20.9. The van der Waals surface area contributed by atoms with E-state index in [1.165, 1.54) is 0 Å². The summed E-state index contributed by atoms with van der Waals surface area (Å²) >= 11 is 0. The average molecular weight is 989 g/mol. The summed E-state index contributed by atoms with van der Waals surface area (Å²) < 4.78 is 36.2. The number of nitrogens with zero attached hydrogens (tertiary/aromatic N) is 2. The Labute approximate surface area is 445 Å². The minimum absolute atomic E-state index is 0.327. The summed E-state index contributed by atoms with van der Waals surface area (Å²) in [5.41, 5.74) is 20.2. The maximum atomic E-state index is 18.1. The molecule has 370 valence electrons. The van der Waals surface area contributed by atoms with E-state index in [1.54, 1.807) is 12.1 Å². The predicted octanol–water partition coefficient (Wildman–Crippen LogP) is 20.9. The molecule has 0 atom stereocenters. The molecule has 0 unspecified atom stereocenters. The summed E-state index contributed by atoms with van der Waals surface area (Å²) in [4.78, 5) is 4.31. The van der Waals surface area contributed by atoms with Gasteiger partial charge in [-0.3, -0.25) is 0 Å². The summed E-state index contributed by atoms with van der Waals surface area (Å²) in [7, 11) is 0. The first-order chi connectivity index (χ1) is 36.8. The number of benzene rings is 12. The van der Waals surface area contributed by atoms with Gasteiger partial charge < -0.3 is 9.80 Å². The van der Waals surface area contributed by atoms with Crippen molar-refractivity contribution in [1.82, 2.24) is 0 Å². The lowest BCUT2D eigenvalue weighted by Gasteiger charge is -2.33. The largest absolute Gasteiger partial charge is 0.306 e. The monoisotopic (exact) mass is 988 g/mol. The second kappa shape index (κ2) is 19.1. The van der Waals surface area contributed by atoms with Crippen molar-refractivity contribution in [3.63, 3.8) is 0 Å². The van der Waals surface area contributed by atoms with E-state index in [4.69, 9.17) is 0 Å². The van der Waals surface area contributed by atoms with E-state index >= 15 is 8.78 Å². The zero-order valence-corrected chi connectivity index (χ0v) is 44.3. The summed E-state index contributed by atoms with van der Waals surface area (Å²) in [6.07, 6.45) is 0. The highest BCUT2D eigenvalue weighted by atomic mass is 19.1. The Kier molecular flexibility index (Phi) is 12.1. The van der Waals surface area contributed by atoms with Crippen LogP contribution in [0.3, 0.4) is 0 Å². The quantitative estimate of drug-likeness (QED) is 0.126. The molecule has 0 aliphatic rings. The first-order valence-electron chi connectivity index (χ1n) is 26.2. The van der Waals surface area contributed by atoms with Crippen LogP contribution in [0, 0.1) is 67.0 Å². The number of hydrogen-bond acceptors (Lipinski definition) is 2. The van der Waals surface area contributed by atoms with Crippen LogP contribution in [-0.4, -0.2) is 0 Å². The molecule has 0 radical (unpaired) electrons. The molecular weight excluding hydrogens is 931 g/mol. The van der Waals surface area contributed by atoms with E-state index < -0.39 is 0 Å². The predicted molar refractivity (Wildman–Crippen MR) is 319 cm³/mol. The molecule has 0 aliphatic carbocycles. The zero-order valence-electron chi connectivity index (χ0n) is 44.3. The molecular formula is C72H58F2N2. The number of halogens is 2. The van der Waals surface area contributed by atoms with Crippen LogP contribution in [0.25, 0.3) is 76.8 Å². The number of hydrogen-bond donors (Lipinski definition) is 0. The van der Waals surface area contributed by atoms with Gasteiger partial charge in [0.05, 0.1) is 22.7 Å². The van der Waals surface area contributed by atoms with Crippen LogP contribution in [0.1, 0.15) is 44.5 Å². The summed E-state index contributed by atoms with van der Waals surface area (Å²) in [6, 6.07) is 71.1. The van der Waals surface area contributed by atoms with E-state index in [-0.39, 0.29) is 11.6 Å². The lowest BCUT2D eigenvalue weighted by molar-refractivity contribution is 0.629. The van der Waals surface area contributed by atoms with E-state index in [0.29, 0.717) is 11.4 Å². The van der Waals surface area contributed by atoms with E-state index in [0.717, 1.165) is 144 Å². The molecule has 0 saturated carbocycles. The molecule has 4 heteroatoms. The Balaban J connectivity index is 1.14. The highest BCUT2D eigenvalue weighted by Gasteiger charge is 2.29. The molecule has 0 aromatic heterocycles. The Morgan fingerprint density at radius 2 is 0.618 bits per heavy atom. The molecule has 0 spiro atoms. The van der Waals surface area contributed by atoms with Gasteiger partial charge in [-0.1, -0.05) is 180 Å². The van der Waals surface area contributed by atoms with Gasteiger partial charge >= 0.3 is 0 Å². The van der Waals surface area contributed by atoms with Gasteiger partial charge in [0.15, 0.2) is 0 Å². The minimum Gasteiger partial charge on any atom is -0.306 e. The van der Waals surface area contributed by atoms with Gasteiger partial charge in [-0.25, -0.2) is 8.78 Å². The zero-order chi connectivity index (χ0) is 52.5. The fourth-order valence-corrected chi connectivity index (χ4v) is 11.2. The van der Waals surface area contributed by atoms with Crippen LogP contribution in [-0.2, 0) is 0 Å². The number of aryl methyl sites for hydroxylation is 6. The van der Waals surface area contributed by atoms with Crippen molar-refractivity contribution in [2.24, 2.45) is 0 Å². The van der Waals surface area contributed by atoms with Gasteiger partial charge in [-0.05, 0) is 181 Å². The Morgan fingerprint density at radius 3 is 0.974 bits per heavy atom. The normalized spacial score (nSPS) is 11.6. The Morgan fingerprint density at radius 1 is 0.289 bits per heavy atom. The molecule has 0 N–H and O–H groups in total. The summed E-state index contributed by atoms with van der Waals surface area (Å²) in [5.74, 6) is -0.655. The van der Waals surface area contributed by atoms with Crippen molar-refractivity contribution in [2.75, 3.05) is 9.80 Å². The van der Waals surface area contributed by atoms with Crippen LogP contribution in [0.15, 0.2) is 206 Å². The van der Waals surface area contributed by atoms with E-state index in [1.807, 2.05) is 0 Å². The lowest BCUT2D eigenvalue weighted by atomic mass is 9.90. The van der Waals surface area contributed by atoms with Crippen molar-refractivity contribution in [2.45, 2.75) is 55.4 Å². The van der Waals surface area contributed by atoms with Gasteiger partial charge in [0.25, 0.3) is 0 Å². The van der Waals surface area contributed by atoms with Crippen molar-refractivity contribution in [3.8, 4) is 44.5 Å². The summed E-state index contributed by atoms with van der Waals surface area (Å²) in [5, 5.41) is 6.14. The van der Waals surface area contributed by atoms with Crippen molar-refractivity contribution >= 4 is 66.4 Å². The molecule has 12 rings (SSSR count). The first-order valence-corrected chi connectivity index (χ1v) is 26.2. The van der Waals surface area contributed by atoms with Crippen LogP contribution in [0.4, 0.5) is 42.9 Å². The fraction of sp³-hybridized carbons (Fsp3) is 0.111. The third-order valence-corrected chi connectivity index (χ3v) is 15.8. The third kappa shape index (κ3) is 8.35. The molecule has 0 saturated heterocycles. The molecule has 0 aliphatic heterocycles. The van der Waals surface area contributed by atoms with Crippen LogP contribution in [0.5, 0.6) is 0 Å². The van der Waals surface area contributed by atoms with Crippen LogP contribution < -0.4 is 9.80 Å². The molecule has 0 fully saturated rings. The maximum absolute atomic E-state index is 18.1. The Bertz CT molecular complexity index is 3920. The van der Waals surface area contributed by atoms with Crippen molar-refractivity contribution in [3.05, 3.63) is 262 Å². The topological polar surface area (TPSA) is 6.48 Å². The lowest BCUT2D eigenvalue weighted by Crippen LogP contribution is -2.16. The van der Waals surface area contributed by atoms with Gasteiger partial charge in [0, 0.05) is 33.3 Å². The smallest absolute Gasteiger partial charge is 0.148 e. The first kappa shape index (κ1) is 48.1. The standard InChI is InChI=1S/C72H58F2N2/c1-43-15-23-51(24-16-43)57-39-61(53-27-19-45(3)20-28-53)71(63(73)41-57)75(65-13-9-11-47(5)49(65)7)67-37-33-55-32-36-60-68(38-34-56-31-35-59(67)69(55)70(56)60)76(66-14-10-12-48(6)50(66)8)72-62(54-29-21-46(4)22-30-54)40-58(42-64(72)74)52-25-17-44(2)18-26-52/h9-42H,1-8H3. The third-order valence-electron chi connectivity index (χ3n) is 15.8. The Hall–Kier alpha value is -8.86. The molecule has 12 aromatic carbocycles. The van der Waals surface area contributed by atoms with Crippen molar-refractivity contribution in [1.29, 1.82) is 0 Å². The molecule has 12 aromatic rings. The summed E-state index contributed by atoms with van der Waals surface area (Å²) in [6.45, 7) is 16.8. The van der Waals surface area contributed by atoms with Crippen LogP contribution in [0.2, 0.25) is 0 Å². The molecule has 0 heterocycles. The molecule has 0 bridgehead atoms. The van der Waals surface area contributed by atoms with E-state index in [9.17, 15) is 0 Å². The van der Waals surface area contributed by atoms with Gasteiger partial charge in [-0.15, -0.1) is 0 Å². The second-order valence-electron chi connectivity index (χ2n) is 20.9.